The van der Waals surface area contributed by atoms with Gasteiger partial charge in [-0.3, -0.25) is 9.69 Å². The minimum Gasteiger partial charge on any atom is -0.478 e. The van der Waals surface area contributed by atoms with E-state index in [9.17, 15) is 14.7 Å². The number of rotatable bonds is 5. The molecule has 2 aromatic carbocycles. The van der Waals surface area contributed by atoms with E-state index in [1.54, 1.807) is 36.0 Å². The third kappa shape index (κ3) is 4.28. The van der Waals surface area contributed by atoms with E-state index in [1.165, 1.54) is 16.7 Å². The molecule has 1 amide bonds. The molecule has 0 saturated carbocycles. The van der Waals surface area contributed by atoms with E-state index in [2.05, 4.69) is 11.8 Å². The lowest BCUT2D eigenvalue weighted by Gasteiger charge is -2.18. The van der Waals surface area contributed by atoms with Crippen molar-refractivity contribution in [1.82, 2.24) is 4.90 Å². The molecule has 0 unspecified atom stereocenters. The van der Waals surface area contributed by atoms with Gasteiger partial charge in [0, 0.05) is 24.4 Å². The first-order valence-electron chi connectivity index (χ1n) is 9.79. The summed E-state index contributed by atoms with van der Waals surface area (Å²) in [5.41, 5.74) is 1.96. The molecule has 2 aliphatic heterocycles. The normalized spacial score (nSPS) is 19.5. The molecule has 31 heavy (non-hydrogen) atoms. The number of anilines is 1. The molecular weight excluding hydrogens is 448 g/mol. The zero-order valence-corrected chi connectivity index (χ0v) is 19.2. The molecule has 2 fully saturated rings. The first kappa shape index (κ1) is 21.7. The van der Waals surface area contributed by atoms with Crippen LogP contribution in [0.15, 0.2) is 70.6 Å². The van der Waals surface area contributed by atoms with Crippen molar-refractivity contribution in [3.05, 3.63) is 81.7 Å². The maximum absolute atomic E-state index is 13.5. The quantitative estimate of drug-likeness (QED) is 0.485. The Morgan fingerprint density at radius 2 is 1.81 bits per heavy atom. The second-order valence-electron chi connectivity index (χ2n) is 6.85. The molecule has 2 aromatic rings. The summed E-state index contributed by atoms with van der Waals surface area (Å²) in [7, 11) is 0. The van der Waals surface area contributed by atoms with Gasteiger partial charge >= 0.3 is 5.97 Å². The van der Waals surface area contributed by atoms with Crippen LogP contribution in [0, 0.1) is 0 Å². The summed E-state index contributed by atoms with van der Waals surface area (Å²) in [6.07, 6.45) is 1.94. The Hall–Kier alpha value is -2.55. The van der Waals surface area contributed by atoms with E-state index in [4.69, 9.17) is 12.2 Å². The van der Waals surface area contributed by atoms with Crippen LogP contribution in [0.5, 0.6) is 0 Å². The number of carbonyl (C=O) groups excluding carboxylic acids is 1. The molecule has 2 heterocycles. The lowest BCUT2D eigenvalue weighted by molar-refractivity contribution is -0.113. The molecule has 158 valence electrons. The van der Waals surface area contributed by atoms with Crippen LogP contribution in [0.1, 0.15) is 22.8 Å². The molecular formula is C23H20N2O3S3. The van der Waals surface area contributed by atoms with Crippen LogP contribution >= 0.6 is 35.7 Å². The van der Waals surface area contributed by atoms with Gasteiger partial charge in [-0.1, -0.05) is 60.4 Å². The lowest BCUT2D eigenvalue weighted by Crippen LogP contribution is -2.27. The van der Waals surface area contributed by atoms with Gasteiger partial charge in [0.05, 0.1) is 21.2 Å². The molecule has 8 heteroatoms. The van der Waals surface area contributed by atoms with E-state index in [1.807, 2.05) is 36.4 Å². The highest BCUT2D eigenvalue weighted by Crippen LogP contribution is 2.42. The topological polar surface area (TPSA) is 60.9 Å². The highest BCUT2D eigenvalue weighted by atomic mass is 32.2. The number of amides is 1. The third-order valence-corrected chi connectivity index (χ3v) is 7.50. The average molecular weight is 469 g/mol. The Bertz CT molecular complexity index is 1110. The summed E-state index contributed by atoms with van der Waals surface area (Å²) >= 11 is 8.46. The van der Waals surface area contributed by atoms with E-state index in [0.29, 0.717) is 26.0 Å². The summed E-state index contributed by atoms with van der Waals surface area (Å²) in [6.45, 7) is 3.85. The molecule has 5 nitrogen and oxygen atoms in total. The van der Waals surface area contributed by atoms with E-state index >= 15 is 0 Å². The van der Waals surface area contributed by atoms with Crippen LogP contribution in [0.25, 0.3) is 5.57 Å². The highest BCUT2D eigenvalue weighted by Gasteiger charge is 2.36. The van der Waals surface area contributed by atoms with Crippen LogP contribution < -0.4 is 4.90 Å². The van der Waals surface area contributed by atoms with Gasteiger partial charge in [0.2, 0.25) is 0 Å². The third-order valence-electron chi connectivity index (χ3n) is 5.05. The standard InChI is InChI=1S/C23H20N2O3S3/c1-2-24-12-13-30-19(24)14-18(16-10-6-7-11-17(16)22(27)28)20-21(26)25(23(29)31-20)15-8-4-3-5-9-15/h3-11,14H,2,12-13H2,1H3,(H,27,28)/b19-14+,20-18-. The van der Waals surface area contributed by atoms with Crippen molar-refractivity contribution in [2.45, 2.75) is 6.92 Å². The van der Waals surface area contributed by atoms with Crippen molar-refractivity contribution in [2.75, 3.05) is 23.7 Å². The molecule has 0 spiro atoms. The van der Waals surface area contributed by atoms with Crippen molar-refractivity contribution < 1.29 is 14.7 Å². The number of hydrogen-bond donors (Lipinski definition) is 1. The predicted octanol–water partition coefficient (Wildman–Crippen LogP) is 5.07. The maximum atomic E-state index is 13.5. The summed E-state index contributed by atoms with van der Waals surface area (Å²) in [4.78, 5) is 29.6. The fraction of sp³-hybridized carbons (Fsp3) is 0.174. The Labute approximate surface area is 194 Å². The number of nitrogens with zero attached hydrogens (tertiary/aromatic N) is 2. The van der Waals surface area contributed by atoms with Gasteiger partial charge in [-0.2, -0.15) is 0 Å². The van der Waals surface area contributed by atoms with Crippen molar-refractivity contribution in [1.29, 1.82) is 0 Å². The molecule has 2 aliphatic rings. The van der Waals surface area contributed by atoms with Gasteiger partial charge in [0.1, 0.15) is 0 Å². The van der Waals surface area contributed by atoms with E-state index in [-0.39, 0.29) is 11.5 Å². The van der Waals surface area contributed by atoms with Gasteiger partial charge in [-0.25, -0.2) is 4.79 Å². The summed E-state index contributed by atoms with van der Waals surface area (Å²) < 4.78 is 0.432. The zero-order valence-electron chi connectivity index (χ0n) is 16.8. The van der Waals surface area contributed by atoms with Crippen molar-refractivity contribution in [3.8, 4) is 0 Å². The molecule has 0 radical (unpaired) electrons. The number of carboxylic acid groups (broad SMARTS) is 1. The summed E-state index contributed by atoms with van der Waals surface area (Å²) in [6, 6.07) is 16.1. The van der Waals surface area contributed by atoms with Gasteiger partial charge in [0.25, 0.3) is 5.91 Å². The number of para-hydroxylation sites is 1. The second kappa shape index (κ2) is 9.30. The van der Waals surface area contributed by atoms with Gasteiger partial charge in [-0.15, -0.1) is 11.8 Å². The first-order valence-corrected chi connectivity index (χ1v) is 12.0. The number of aromatic carboxylic acids is 1. The zero-order chi connectivity index (χ0) is 22.0. The van der Waals surface area contributed by atoms with Crippen molar-refractivity contribution in [3.63, 3.8) is 0 Å². The number of hydrogen-bond acceptors (Lipinski definition) is 6. The Morgan fingerprint density at radius 1 is 1.13 bits per heavy atom. The average Bonchev–Trinajstić information content (AvgIpc) is 3.35. The SMILES string of the molecule is CCN1CCS/C1=C/C(=C1/SC(=S)N(c2ccccc2)C1=O)c1ccccc1C(=O)O. The maximum Gasteiger partial charge on any atom is 0.336 e. The number of carboxylic acids is 1. The van der Waals surface area contributed by atoms with Crippen LogP contribution in [0.2, 0.25) is 0 Å². The summed E-state index contributed by atoms with van der Waals surface area (Å²) in [5.74, 6) is -0.311. The van der Waals surface area contributed by atoms with Crippen LogP contribution in [0.4, 0.5) is 5.69 Å². The molecule has 2 saturated heterocycles. The number of allylic oxidation sites excluding steroid dienone is 2. The minimum atomic E-state index is -1.03. The molecule has 0 aliphatic carbocycles. The number of carbonyl (C=O) groups is 2. The molecule has 1 N–H and O–H groups in total. The fourth-order valence-corrected chi connectivity index (χ4v) is 6.01. The van der Waals surface area contributed by atoms with Crippen LogP contribution in [-0.2, 0) is 4.79 Å². The fourth-order valence-electron chi connectivity index (χ4n) is 3.53. The largest absolute Gasteiger partial charge is 0.478 e. The smallest absolute Gasteiger partial charge is 0.336 e. The van der Waals surface area contributed by atoms with E-state index < -0.39 is 5.97 Å². The van der Waals surface area contributed by atoms with Gasteiger partial charge < -0.3 is 10.0 Å². The van der Waals surface area contributed by atoms with Crippen LogP contribution in [0.3, 0.4) is 0 Å². The van der Waals surface area contributed by atoms with Crippen molar-refractivity contribution in [2.24, 2.45) is 0 Å². The molecule has 4 rings (SSSR count). The highest BCUT2D eigenvalue weighted by molar-refractivity contribution is 8.27. The molecule has 0 bridgehead atoms. The van der Waals surface area contributed by atoms with Crippen LogP contribution in [-0.4, -0.2) is 45.0 Å². The van der Waals surface area contributed by atoms with E-state index in [0.717, 1.165) is 23.9 Å². The number of thioether (sulfide) groups is 2. The number of thiocarbonyl (C=S) groups is 1. The molecule has 0 aromatic heterocycles. The van der Waals surface area contributed by atoms with Gasteiger partial charge in [-0.05, 0) is 36.8 Å². The lowest BCUT2D eigenvalue weighted by atomic mass is 9.98. The monoisotopic (exact) mass is 468 g/mol. The first-order chi connectivity index (χ1) is 15.0. The Kier molecular flexibility index (Phi) is 6.50. The number of benzene rings is 2. The minimum absolute atomic E-state index is 0.158. The predicted molar refractivity (Wildman–Crippen MR) is 132 cm³/mol. The Balaban J connectivity index is 1.90. The summed E-state index contributed by atoms with van der Waals surface area (Å²) in [5, 5.41) is 10.8. The molecule has 0 atom stereocenters. The second-order valence-corrected chi connectivity index (χ2v) is 9.61. The Morgan fingerprint density at radius 3 is 2.48 bits per heavy atom. The van der Waals surface area contributed by atoms with Crippen molar-refractivity contribution >= 4 is 63.2 Å². The van der Waals surface area contributed by atoms with Gasteiger partial charge in [0.15, 0.2) is 4.32 Å².